The summed E-state index contributed by atoms with van der Waals surface area (Å²) in [6.45, 7) is 2.07. The van der Waals surface area contributed by atoms with Gasteiger partial charge in [0, 0.05) is 4.88 Å². The molecule has 1 aliphatic rings. The number of hydrogen-bond acceptors (Lipinski definition) is 5. The molecule has 1 aromatic rings. The Kier molecular flexibility index (Phi) is 3.83. The van der Waals surface area contributed by atoms with Crippen LogP contribution in [0.5, 0.6) is 0 Å². The summed E-state index contributed by atoms with van der Waals surface area (Å²) in [5.74, 6) is 4.64. The third-order valence-corrected chi connectivity index (χ3v) is 3.97. The second-order valence-electron chi connectivity index (χ2n) is 3.88. The number of nitrogens with one attached hydrogen (secondary N) is 2. The first-order chi connectivity index (χ1) is 8.67. The predicted molar refractivity (Wildman–Crippen MR) is 68.6 cm³/mol. The summed E-state index contributed by atoms with van der Waals surface area (Å²) in [5.41, 5.74) is 3.47. The van der Waals surface area contributed by atoms with E-state index in [2.05, 4.69) is 5.32 Å². The molecule has 2 rings (SSSR count). The van der Waals surface area contributed by atoms with E-state index >= 15 is 0 Å². The first-order valence-corrected chi connectivity index (χ1v) is 6.58. The predicted octanol–water partition coefficient (Wildman–Crippen LogP) is 1.41. The highest BCUT2D eigenvalue weighted by Crippen LogP contribution is 2.39. The molecule has 0 saturated heterocycles. The smallest absolute Gasteiger partial charge is 0.341 e. The van der Waals surface area contributed by atoms with E-state index in [-0.39, 0.29) is 5.97 Å². The zero-order chi connectivity index (χ0) is 13.1. The first kappa shape index (κ1) is 12.8. The van der Waals surface area contributed by atoms with Crippen LogP contribution in [0.3, 0.4) is 0 Å². The van der Waals surface area contributed by atoms with Gasteiger partial charge in [0.1, 0.15) is 5.00 Å². The highest BCUT2D eigenvalue weighted by molar-refractivity contribution is 7.17. The fourth-order valence-corrected chi connectivity index (χ4v) is 3.32. The van der Waals surface area contributed by atoms with Crippen LogP contribution in [0.15, 0.2) is 0 Å². The average Bonchev–Trinajstić information content (AvgIpc) is 2.88. The van der Waals surface area contributed by atoms with Crippen LogP contribution in [0.2, 0.25) is 0 Å². The lowest BCUT2D eigenvalue weighted by molar-refractivity contribution is 0.0527. The average molecular weight is 269 g/mol. The molecule has 0 fully saturated rings. The Balaban J connectivity index is 2.34. The molecule has 0 aliphatic heterocycles. The Bertz CT molecular complexity index is 484. The van der Waals surface area contributed by atoms with Gasteiger partial charge in [-0.2, -0.15) is 0 Å². The number of amides is 2. The fraction of sp³-hybridized carbons (Fsp3) is 0.455. The largest absolute Gasteiger partial charge is 0.462 e. The summed E-state index contributed by atoms with van der Waals surface area (Å²) in [5, 5.41) is 3.09. The van der Waals surface area contributed by atoms with Crippen LogP contribution in [-0.4, -0.2) is 18.6 Å². The van der Waals surface area contributed by atoms with E-state index in [0.29, 0.717) is 17.2 Å². The maximum Gasteiger partial charge on any atom is 0.341 e. The van der Waals surface area contributed by atoms with E-state index in [1.54, 1.807) is 6.92 Å². The molecule has 1 aromatic heterocycles. The van der Waals surface area contributed by atoms with Crippen molar-refractivity contribution in [2.75, 3.05) is 11.9 Å². The minimum absolute atomic E-state index is 0.311. The Morgan fingerprint density at radius 2 is 2.22 bits per heavy atom. The van der Waals surface area contributed by atoms with Crippen molar-refractivity contribution in [3.8, 4) is 0 Å². The van der Waals surface area contributed by atoms with Crippen LogP contribution in [0.25, 0.3) is 0 Å². The van der Waals surface area contributed by atoms with Crippen LogP contribution >= 0.6 is 11.3 Å². The van der Waals surface area contributed by atoms with Crippen molar-refractivity contribution in [1.82, 2.24) is 5.43 Å². The molecule has 7 heteroatoms. The number of carbonyl (C=O) groups is 2. The summed E-state index contributed by atoms with van der Waals surface area (Å²) in [7, 11) is 0. The van der Waals surface area contributed by atoms with Crippen molar-refractivity contribution in [3.63, 3.8) is 0 Å². The monoisotopic (exact) mass is 269 g/mol. The number of anilines is 1. The number of aryl methyl sites for hydroxylation is 1. The Morgan fingerprint density at radius 3 is 2.89 bits per heavy atom. The molecule has 98 valence electrons. The van der Waals surface area contributed by atoms with Gasteiger partial charge in [-0.25, -0.2) is 15.4 Å². The number of hydrogen-bond donors (Lipinski definition) is 3. The third kappa shape index (κ3) is 2.32. The van der Waals surface area contributed by atoms with Crippen molar-refractivity contribution in [2.24, 2.45) is 5.84 Å². The first-order valence-electron chi connectivity index (χ1n) is 5.76. The van der Waals surface area contributed by atoms with Gasteiger partial charge >= 0.3 is 12.0 Å². The van der Waals surface area contributed by atoms with Crippen molar-refractivity contribution >= 4 is 28.3 Å². The molecule has 0 atom stereocenters. The third-order valence-electron chi connectivity index (χ3n) is 2.76. The van der Waals surface area contributed by atoms with Gasteiger partial charge < -0.3 is 4.74 Å². The standard InChI is InChI=1S/C11H15N3O3S/c1-2-17-10(15)8-6-4-3-5-7(6)18-9(8)13-11(16)14-12/h2-5,12H2,1H3,(H2,13,14,16). The van der Waals surface area contributed by atoms with E-state index in [4.69, 9.17) is 10.6 Å². The Labute approximate surface area is 108 Å². The summed E-state index contributed by atoms with van der Waals surface area (Å²) < 4.78 is 5.03. The van der Waals surface area contributed by atoms with Crippen LogP contribution < -0.4 is 16.6 Å². The number of carbonyl (C=O) groups excluding carboxylic acids is 2. The highest BCUT2D eigenvalue weighted by Gasteiger charge is 2.28. The molecule has 0 radical (unpaired) electrons. The zero-order valence-electron chi connectivity index (χ0n) is 10.0. The van der Waals surface area contributed by atoms with Gasteiger partial charge in [-0.3, -0.25) is 10.7 Å². The zero-order valence-corrected chi connectivity index (χ0v) is 10.9. The molecule has 6 nitrogen and oxygen atoms in total. The fourth-order valence-electron chi connectivity index (χ4n) is 2.05. The van der Waals surface area contributed by atoms with Crippen molar-refractivity contribution < 1.29 is 14.3 Å². The number of urea groups is 1. The maximum atomic E-state index is 11.9. The Hall–Kier alpha value is -1.60. The van der Waals surface area contributed by atoms with E-state index in [1.807, 2.05) is 5.43 Å². The van der Waals surface area contributed by atoms with Crippen molar-refractivity contribution in [1.29, 1.82) is 0 Å². The van der Waals surface area contributed by atoms with Crippen LogP contribution in [0.4, 0.5) is 9.80 Å². The van der Waals surface area contributed by atoms with E-state index in [0.717, 1.165) is 29.7 Å². The molecule has 0 unspecified atom stereocenters. The molecule has 2 amide bonds. The quantitative estimate of drug-likeness (QED) is 0.335. The molecule has 0 bridgehead atoms. The summed E-state index contributed by atoms with van der Waals surface area (Å²) in [6.07, 6.45) is 2.83. The number of hydrazine groups is 1. The minimum atomic E-state index is -0.541. The summed E-state index contributed by atoms with van der Waals surface area (Å²) in [6, 6.07) is -0.541. The lowest BCUT2D eigenvalue weighted by atomic mass is 10.1. The topological polar surface area (TPSA) is 93.4 Å². The minimum Gasteiger partial charge on any atom is -0.462 e. The van der Waals surface area contributed by atoms with Gasteiger partial charge in [-0.05, 0) is 31.7 Å². The number of rotatable bonds is 3. The molecule has 1 aliphatic carbocycles. The molecule has 4 N–H and O–H groups in total. The molecular formula is C11H15N3O3S. The molecule has 1 heterocycles. The maximum absolute atomic E-state index is 11.9. The van der Waals surface area contributed by atoms with Crippen LogP contribution in [-0.2, 0) is 17.6 Å². The second kappa shape index (κ2) is 5.36. The van der Waals surface area contributed by atoms with Gasteiger partial charge in [0.05, 0.1) is 12.2 Å². The highest BCUT2D eigenvalue weighted by atomic mass is 32.1. The second-order valence-corrected chi connectivity index (χ2v) is 4.99. The van der Waals surface area contributed by atoms with Gasteiger partial charge in [-0.1, -0.05) is 0 Å². The van der Waals surface area contributed by atoms with Gasteiger partial charge in [-0.15, -0.1) is 11.3 Å². The summed E-state index contributed by atoms with van der Waals surface area (Å²) in [4.78, 5) is 24.3. The lowest BCUT2D eigenvalue weighted by Gasteiger charge is -2.07. The Morgan fingerprint density at radius 1 is 1.44 bits per heavy atom. The van der Waals surface area contributed by atoms with E-state index in [1.165, 1.54) is 11.3 Å². The number of thiophene rings is 1. The molecule has 18 heavy (non-hydrogen) atoms. The number of esters is 1. The van der Waals surface area contributed by atoms with Crippen molar-refractivity contribution in [3.05, 3.63) is 16.0 Å². The molecule has 0 saturated carbocycles. The molecule has 0 spiro atoms. The summed E-state index contributed by atoms with van der Waals surface area (Å²) >= 11 is 1.42. The van der Waals surface area contributed by atoms with Crippen LogP contribution in [0, 0.1) is 0 Å². The van der Waals surface area contributed by atoms with Gasteiger partial charge in [0.25, 0.3) is 0 Å². The molecular weight excluding hydrogens is 254 g/mol. The van der Waals surface area contributed by atoms with Gasteiger partial charge in [0.15, 0.2) is 0 Å². The van der Waals surface area contributed by atoms with Crippen molar-refractivity contribution in [2.45, 2.75) is 26.2 Å². The lowest BCUT2D eigenvalue weighted by Crippen LogP contribution is -2.34. The number of nitrogens with two attached hydrogens (primary N) is 1. The van der Waals surface area contributed by atoms with E-state index < -0.39 is 6.03 Å². The van der Waals surface area contributed by atoms with Crippen LogP contribution in [0.1, 0.15) is 34.1 Å². The molecule has 0 aromatic carbocycles. The normalized spacial score (nSPS) is 13.0. The number of ether oxygens (including phenoxy) is 1. The number of fused-ring (bicyclic) bond motifs is 1. The SMILES string of the molecule is CCOC(=O)c1c(NC(=O)NN)sc2c1CCC2. The van der Waals surface area contributed by atoms with E-state index in [9.17, 15) is 9.59 Å². The van der Waals surface area contributed by atoms with Gasteiger partial charge in [0.2, 0.25) is 0 Å².